The second kappa shape index (κ2) is 6.21. The summed E-state index contributed by atoms with van der Waals surface area (Å²) in [5.74, 6) is -0.0408. The normalized spacial score (nSPS) is 10.9. The standard InChI is InChI=1S/C12H19BrN2O2/c1-4-14(5-6-16)12(17)11-7-10(13)8-15(11)9(2)3/h7-9,16H,4-6H2,1-3H3. The number of aliphatic hydroxyl groups is 1. The molecule has 1 aromatic heterocycles. The van der Waals surface area contributed by atoms with Gasteiger partial charge in [0.05, 0.1) is 6.61 Å². The van der Waals surface area contributed by atoms with Gasteiger partial charge in [-0.25, -0.2) is 0 Å². The van der Waals surface area contributed by atoms with Crippen LogP contribution in [0.4, 0.5) is 0 Å². The van der Waals surface area contributed by atoms with E-state index in [0.29, 0.717) is 18.8 Å². The molecule has 1 amide bonds. The third-order valence-electron chi connectivity index (χ3n) is 2.63. The maximum Gasteiger partial charge on any atom is 0.270 e. The van der Waals surface area contributed by atoms with Crippen LogP contribution in [-0.4, -0.2) is 40.2 Å². The molecule has 1 heterocycles. The number of hydrogen-bond acceptors (Lipinski definition) is 2. The molecule has 96 valence electrons. The number of carbonyl (C=O) groups excluding carboxylic acids is 1. The van der Waals surface area contributed by atoms with E-state index < -0.39 is 0 Å². The van der Waals surface area contributed by atoms with E-state index in [1.807, 2.05) is 37.6 Å². The number of aromatic nitrogens is 1. The predicted molar refractivity (Wildman–Crippen MR) is 71.2 cm³/mol. The molecule has 0 radical (unpaired) electrons. The zero-order valence-electron chi connectivity index (χ0n) is 10.5. The van der Waals surface area contributed by atoms with Crippen LogP contribution in [0, 0.1) is 0 Å². The smallest absolute Gasteiger partial charge is 0.270 e. The molecule has 0 atom stereocenters. The van der Waals surface area contributed by atoms with Crippen molar-refractivity contribution in [3.63, 3.8) is 0 Å². The first kappa shape index (κ1) is 14.3. The van der Waals surface area contributed by atoms with Gasteiger partial charge in [0.25, 0.3) is 5.91 Å². The minimum atomic E-state index is -0.0408. The zero-order chi connectivity index (χ0) is 13.0. The highest BCUT2D eigenvalue weighted by Crippen LogP contribution is 2.20. The molecule has 0 fully saturated rings. The van der Waals surface area contributed by atoms with E-state index in [0.717, 1.165) is 4.47 Å². The topological polar surface area (TPSA) is 45.5 Å². The van der Waals surface area contributed by atoms with E-state index in [-0.39, 0.29) is 18.6 Å². The Morgan fingerprint density at radius 2 is 2.24 bits per heavy atom. The fourth-order valence-corrected chi connectivity index (χ4v) is 2.17. The summed E-state index contributed by atoms with van der Waals surface area (Å²) in [6.07, 6.45) is 1.91. The summed E-state index contributed by atoms with van der Waals surface area (Å²) in [6.45, 7) is 6.93. The molecule has 0 saturated carbocycles. The van der Waals surface area contributed by atoms with Crippen LogP contribution in [0.3, 0.4) is 0 Å². The maximum absolute atomic E-state index is 12.3. The third-order valence-corrected chi connectivity index (χ3v) is 3.06. The van der Waals surface area contributed by atoms with E-state index >= 15 is 0 Å². The van der Waals surface area contributed by atoms with Crippen LogP contribution in [0.5, 0.6) is 0 Å². The van der Waals surface area contributed by atoms with Gasteiger partial charge in [0.1, 0.15) is 5.69 Å². The van der Waals surface area contributed by atoms with Crippen molar-refractivity contribution < 1.29 is 9.90 Å². The van der Waals surface area contributed by atoms with Crippen molar-refractivity contribution in [2.75, 3.05) is 19.7 Å². The van der Waals surface area contributed by atoms with Crippen molar-refractivity contribution in [2.45, 2.75) is 26.8 Å². The first-order valence-corrected chi connectivity index (χ1v) is 6.58. The maximum atomic E-state index is 12.3. The Hall–Kier alpha value is -0.810. The molecule has 1 N–H and O–H groups in total. The molecular weight excluding hydrogens is 284 g/mol. The van der Waals surface area contributed by atoms with Crippen molar-refractivity contribution in [1.29, 1.82) is 0 Å². The minimum Gasteiger partial charge on any atom is -0.395 e. The first-order chi connectivity index (χ1) is 8.01. The first-order valence-electron chi connectivity index (χ1n) is 5.78. The highest BCUT2D eigenvalue weighted by molar-refractivity contribution is 9.10. The second-order valence-electron chi connectivity index (χ2n) is 4.15. The van der Waals surface area contributed by atoms with Crippen molar-refractivity contribution >= 4 is 21.8 Å². The summed E-state index contributed by atoms with van der Waals surface area (Å²) in [5.41, 5.74) is 0.655. The van der Waals surface area contributed by atoms with Crippen LogP contribution < -0.4 is 0 Å². The van der Waals surface area contributed by atoms with E-state index in [2.05, 4.69) is 15.9 Å². The van der Waals surface area contributed by atoms with Gasteiger partial charge in [-0.2, -0.15) is 0 Å². The number of halogens is 1. The molecule has 0 unspecified atom stereocenters. The lowest BCUT2D eigenvalue weighted by Gasteiger charge is -2.21. The molecule has 0 aromatic carbocycles. The van der Waals surface area contributed by atoms with Gasteiger partial charge in [-0.1, -0.05) is 0 Å². The second-order valence-corrected chi connectivity index (χ2v) is 5.07. The number of amides is 1. The Labute approximate surface area is 110 Å². The van der Waals surface area contributed by atoms with E-state index in [4.69, 9.17) is 5.11 Å². The van der Waals surface area contributed by atoms with E-state index in [1.165, 1.54) is 0 Å². The van der Waals surface area contributed by atoms with Crippen molar-refractivity contribution in [1.82, 2.24) is 9.47 Å². The van der Waals surface area contributed by atoms with Gasteiger partial charge in [0.15, 0.2) is 0 Å². The molecule has 1 aromatic rings. The quantitative estimate of drug-likeness (QED) is 0.907. The van der Waals surface area contributed by atoms with Crippen LogP contribution in [0.2, 0.25) is 0 Å². The summed E-state index contributed by atoms with van der Waals surface area (Å²) in [6, 6.07) is 2.05. The largest absolute Gasteiger partial charge is 0.395 e. The van der Waals surface area contributed by atoms with E-state index in [9.17, 15) is 4.79 Å². The fraction of sp³-hybridized carbons (Fsp3) is 0.583. The Kier molecular flexibility index (Phi) is 5.21. The van der Waals surface area contributed by atoms with Crippen LogP contribution in [-0.2, 0) is 0 Å². The molecule has 0 spiro atoms. The summed E-state index contributed by atoms with van der Waals surface area (Å²) in [5, 5.41) is 8.94. The molecule has 0 aliphatic carbocycles. The molecule has 0 aliphatic rings. The van der Waals surface area contributed by atoms with Gasteiger partial charge in [-0.15, -0.1) is 0 Å². The molecule has 0 saturated heterocycles. The minimum absolute atomic E-state index is 0.0108. The molecule has 4 nitrogen and oxygen atoms in total. The van der Waals surface area contributed by atoms with Crippen molar-refractivity contribution in [3.05, 3.63) is 22.4 Å². The lowest BCUT2D eigenvalue weighted by Crippen LogP contribution is -2.34. The Morgan fingerprint density at radius 3 is 2.71 bits per heavy atom. The van der Waals surface area contributed by atoms with Gasteiger partial charge < -0.3 is 14.6 Å². The van der Waals surface area contributed by atoms with Crippen LogP contribution in [0.25, 0.3) is 0 Å². The van der Waals surface area contributed by atoms with Gasteiger partial charge in [0, 0.05) is 29.8 Å². The van der Waals surface area contributed by atoms with Crippen LogP contribution in [0.15, 0.2) is 16.7 Å². The molecule has 17 heavy (non-hydrogen) atoms. The van der Waals surface area contributed by atoms with Crippen molar-refractivity contribution in [2.24, 2.45) is 0 Å². The number of rotatable bonds is 5. The molecular formula is C12H19BrN2O2. The SMILES string of the molecule is CCN(CCO)C(=O)c1cc(Br)cn1C(C)C. The Balaban J connectivity index is 3.01. The lowest BCUT2D eigenvalue weighted by molar-refractivity contribution is 0.0719. The monoisotopic (exact) mass is 302 g/mol. The molecule has 0 bridgehead atoms. The number of aliphatic hydroxyl groups excluding tert-OH is 1. The number of nitrogens with zero attached hydrogens (tertiary/aromatic N) is 2. The summed E-state index contributed by atoms with van der Waals surface area (Å²) in [4.78, 5) is 13.9. The van der Waals surface area contributed by atoms with E-state index in [1.54, 1.807) is 4.90 Å². The molecule has 5 heteroatoms. The van der Waals surface area contributed by atoms with Crippen LogP contribution in [0.1, 0.15) is 37.3 Å². The zero-order valence-corrected chi connectivity index (χ0v) is 12.1. The van der Waals surface area contributed by atoms with Gasteiger partial charge >= 0.3 is 0 Å². The third kappa shape index (κ3) is 3.33. The lowest BCUT2D eigenvalue weighted by atomic mass is 10.3. The van der Waals surface area contributed by atoms with Gasteiger partial charge in [-0.3, -0.25) is 4.79 Å². The Bertz CT molecular complexity index is 388. The summed E-state index contributed by atoms with van der Waals surface area (Å²) in [7, 11) is 0. The Morgan fingerprint density at radius 1 is 1.59 bits per heavy atom. The van der Waals surface area contributed by atoms with Crippen LogP contribution >= 0.6 is 15.9 Å². The number of likely N-dealkylation sites (N-methyl/N-ethyl adjacent to an activating group) is 1. The average Bonchev–Trinajstić information content (AvgIpc) is 2.67. The summed E-state index contributed by atoms with van der Waals surface area (Å²) < 4.78 is 2.83. The highest BCUT2D eigenvalue weighted by Gasteiger charge is 2.19. The molecule has 0 aliphatic heterocycles. The predicted octanol–water partition coefficient (Wildman–Crippen LogP) is 2.29. The molecule has 1 rings (SSSR count). The number of hydrogen-bond donors (Lipinski definition) is 1. The average molecular weight is 303 g/mol. The van der Waals surface area contributed by atoms with Crippen molar-refractivity contribution in [3.8, 4) is 0 Å². The highest BCUT2D eigenvalue weighted by atomic mass is 79.9. The number of carbonyl (C=O) groups is 1. The fourth-order valence-electron chi connectivity index (χ4n) is 1.73. The van der Waals surface area contributed by atoms with Gasteiger partial charge in [0.2, 0.25) is 0 Å². The summed E-state index contributed by atoms with van der Waals surface area (Å²) >= 11 is 3.39. The van der Waals surface area contributed by atoms with Gasteiger partial charge in [-0.05, 0) is 42.8 Å².